The SMILES string of the molecule is CC12C=[C]([Hg][Cl])C(=O)C=C1C=CC1C2CCC2(C)C(=O)CCC12. The Kier molecular flexibility index (Phi) is 3.81. The van der Waals surface area contributed by atoms with Crippen LogP contribution in [-0.4, -0.2) is 11.6 Å². The van der Waals surface area contributed by atoms with Gasteiger partial charge in [-0.3, -0.25) is 0 Å². The van der Waals surface area contributed by atoms with Crippen LogP contribution in [0.15, 0.2) is 33.0 Å². The van der Waals surface area contributed by atoms with Crippen LogP contribution in [0.4, 0.5) is 0 Å². The average molecular weight is 517 g/mol. The molecule has 118 valence electrons. The molecule has 2 nitrogen and oxygen atoms in total. The summed E-state index contributed by atoms with van der Waals surface area (Å²) in [7, 11) is 6.22. The molecule has 0 aliphatic heterocycles. The van der Waals surface area contributed by atoms with Crippen molar-refractivity contribution in [1.82, 2.24) is 0 Å². The fourth-order valence-electron chi connectivity index (χ4n) is 5.71. The summed E-state index contributed by atoms with van der Waals surface area (Å²) in [6.45, 7) is 4.47. The first-order valence-corrected chi connectivity index (χ1v) is 18.2. The third-order valence-electron chi connectivity index (χ3n) is 7.15. The second-order valence-electron chi connectivity index (χ2n) is 8.12. The summed E-state index contributed by atoms with van der Waals surface area (Å²) in [5, 5.41) is 0. The summed E-state index contributed by atoms with van der Waals surface area (Å²) in [5.74, 6) is 2.04. The number of hydrogen-bond acceptors (Lipinski definition) is 2. The van der Waals surface area contributed by atoms with Gasteiger partial charge in [-0.1, -0.05) is 0 Å². The average Bonchev–Trinajstić information content (AvgIpc) is 2.83. The first kappa shape index (κ1) is 16.3. The zero-order chi connectivity index (χ0) is 16.4. The van der Waals surface area contributed by atoms with Crippen LogP contribution in [-0.2, 0) is 32.9 Å². The molecule has 23 heavy (non-hydrogen) atoms. The molecule has 0 N–H and O–H groups in total. The van der Waals surface area contributed by atoms with E-state index in [0.29, 0.717) is 23.5 Å². The predicted octanol–water partition coefficient (Wildman–Crippen LogP) is 4.20. The first-order chi connectivity index (χ1) is 10.9. The molecule has 0 aromatic rings. The third-order valence-corrected chi connectivity index (χ3v) is 12.9. The summed E-state index contributed by atoms with van der Waals surface area (Å²) in [5.41, 5.74) is 0.968. The zero-order valence-corrected chi connectivity index (χ0v) is 20.0. The molecule has 4 rings (SSSR count). The van der Waals surface area contributed by atoms with Crippen LogP contribution in [0.25, 0.3) is 0 Å². The number of halogens is 1. The molecule has 0 aromatic heterocycles. The molecule has 0 spiro atoms. The van der Waals surface area contributed by atoms with E-state index in [9.17, 15) is 9.59 Å². The van der Waals surface area contributed by atoms with Crippen LogP contribution < -0.4 is 0 Å². The van der Waals surface area contributed by atoms with Crippen LogP contribution in [0.5, 0.6) is 0 Å². The Labute approximate surface area is 153 Å². The van der Waals surface area contributed by atoms with E-state index in [1.54, 1.807) is 0 Å². The summed E-state index contributed by atoms with van der Waals surface area (Å²) >= 11 is -1.73. The topological polar surface area (TPSA) is 34.1 Å². The second kappa shape index (κ2) is 5.39. The molecule has 5 unspecified atom stereocenters. The molecule has 4 aliphatic rings. The van der Waals surface area contributed by atoms with Crippen molar-refractivity contribution in [2.45, 2.75) is 39.5 Å². The maximum absolute atomic E-state index is 12.4. The van der Waals surface area contributed by atoms with Gasteiger partial charge >= 0.3 is 154 Å². The van der Waals surface area contributed by atoms with Gasteiger partial charge in [-0.25, -0.2) is 0 Å². The molecule has 5 atom stereocenters. The molecule has 2 fully saturated rings. The van der Waals surface area contributed by atoms with E-state index in [0.717, 1.165) is 34.3 Å². The molecule has 0 heterocycles. The first-order valence-electron chi connectivity index (χ1n) is 8.66. The van der Waals surface area contributed by atoms with E-state index in [1.807, 2.05) is 6.08 Å². The van der Waals surface area contributed by atoms with E-state index in [4.69, 9.17) is 8.25 Å². The van der Waals surface area contributed by atoms with E-state index >= 15 is 0 Å². The van der Waals surface area contributed by atoms with E-state index in [2.05, 4.69) is 32.1 Å². The van der Waals surface area contributed by atoms with Crippen molar-refractivity contribution >= 4 is 19.8 Å². The van der Waals surface area contributed by atoms with Gasteiger partial charge in [0.05, 0.1) is 0 Å². The van der Waals surface area contributed by atoms with Gasteiger partial charge in [0.15, 0.2) is 0 Å². The standard InChI is InChI=1S/C19H21O2.ClH.Hg/c1-18-9-7-13(20)11-12(18)3-4-14-15-5-6-17(21)19(15,2)10-8-16(14)18;;/h3-4,9,11,14-16H,5-6,8,10H2,1-2H3;1H;/q;;+1/p-1. The molecular weight excluding hydrogens is 496 g/mol. The Morgan fingerprint density at radius 2 is 2.00 bits per heavy atom. The maximum atomic E-state index is 12.4. The van der Waals surface area contributed by atoms with Crippen molar-refractivity contribution in [1.29, 1.82) is 0 Å². The zero-order valence-electron chi connectivity index (χ0n) is 13.8. The van der Waals surface area contributed by atoms with Crippen molar-refractivity contribution in [3.8, 4) is 0 Å². The molecular formula is C19H21ClHgO2. The Bertz CT molecular complexity index is 691. The van der Waals surface area contributed by atoms with Crippen molar-refractivity contribution in [2.24, 2.45) is 28.6 Å². The summed E-state index contributed by atoms with van der Waals surface area (Å²) in [4.78, 5) is 24.6. The number of carbonyl (C=O) groups is 2. The number of allylic oxidation sites excluding steroid dienone is 6. The van der Waals surface area contributed by atoms with Gasteiger partial charge in [0.25, 0.3) is 0 Å². The quantitative estimate of drug-likeness (QED) is 0.489. The Morgan fingerprint density at radius 1 is 1.22 bits per heavy atom. The fraction of sp³-hybridized carbons (Fsp3) is 0.579. The number of Topliss-reactive ketones (excluding diaryl/α,β-unsaturated/α-hetero) is 1. The van der Waals surface area contributed by atoms with Gasteiger partial charge in [0.1, 0.15) is 0 Å². The minimum absolute atomic E-state index is 0.0650. The molecule has 0 aromatic carbocycles. The Balaban J connectivity index is 1.79. The number of ketones is 2. The van der Waals surface area contributed by atoms with Gasteiger partial charge in [-0.05, 0) is 0 Å². The van der Waals surface area contributed by atoms with Gasteiger partial charge in [-0.2, -0.15) is 0 Å². The summed E-state index contributed by atoms with van der Waals surface area (Å²) < 4.78 is 0.947. The van der Waals surface area contributed by atoms with Crippen molar-refractivity contribution < 1.29 is 32.9 Å². The molecule has 4 aliphatic carbocycles. The van der Waals surface area contributed by atoms with Crippen LogP contribution in [0.2, 0.25) is 0 Å². The molecule has 4 heteroatoms. The molecule has 0 bridgehead atoms. The van der Waals surface area contributed by atoms with Gasteiger partial charge in [0, 0.05) is 0 Å². The number of carbonyl (C=O) groups excluding carboxylic acids is 2. The molecule has 2 saturated carbocycles. The van der Waals surface area contributed by atoms with Gasteiger partial charge < -0.3 is 0 Å². The van der Waals surface area contributed by atoms with Crippen molar-refractivity contribution in [3.63, 3.8) is 0 Å². The second-order valence-corrected chi connectivity index (χ2v) is 14.5. The Morgan fingerprint density at radius 3 is 2.74 bits per heavy atom. The molecule has 0 saturated heterocycles. The fourth-order valence-corrected chi connectivity index (χ4v) is 10.4. The Hall–Kier alpha value is -0.215. The van der Waals surface area contributed by atoms with Gasteiger partial charge in [0.2, 0.25) is 0 Å². The molecule has 0 amide bonds. The minimum atomic E-state index is -1.73. The van der Waals surface area contributed by atoms with Crippen molar-refractivity contribution in [2.75, 3.05) is 0 Å². The number of rotatable bonds is 1. The summed E-state index contributed by atoms with van der Waals surface area (Å²) in [6, 6.07) is 0. The van der Waals surface area contributed by atoms with Crippen molar-refractivity contribution in [3.05, 3.63) is 33.0 Å². The van der Waals surface area contributed by atoms with Crippen LogP contribution >= 0.6 is 8.25 Å². The number of hydrogen-bond donors (Lipinski definition) is 0. The van der Waals surface area contributed by atoms with Crippen LogP contribution in [0.3, 0.4) is 0 Å². The van der Waals surface area contributed by atoms with E-state index < -0.39 is 23.3 Å². The third kappa shape index (κ3) is 2.16. The summed E-state index contributed by atoms with van der Waals surface area (Å²) in [6.07, 6.45) is 12.4. The van der Waals surface area contributed by atoms with E-state index in [1.165, 1.54) is 0 Å². The monoisotopic (exact) mass is 518 g/mol. The number of fused-ring (bicyclic) bond motifs is 5. The van der Waals surface area contributed by atoms with Crippen LogP contribution in [0, 0.1) is 28.6 Å². The van der Waals surface area contributed by atoms with Crippen LogP contribution in [0.1, 0.15) is 39.5 Å². The normalized spacial score (nSPS) is 44.7. The van der Waals surface area contributed by atoms with E-state index in [-0.39, 0.29) is 16.6 Å². The molecule has 0 radical (unpaired) electrons. The predicted molar refractivity (Wildman–Crippen MR) is 86.3 cm³/mol. The van der Waals surface area contributed by atoms with Gasteiger partial charge in [-0.15, -0.1) is 0 Å².